The van der Waals surface area contributed by atoms with E-state index in [4.69, 9.17) is 4.42 Å². The second-order valence-corrected chi connectivity index (χ2v) is 18.1. The van der Waals surface area contributed by atoms with Gasteiger partial charge in [-0.15, -0.1) is 0 Å². The van der Waals surface area contributed by atoms with Gasteiger partial charge in [0.2, 0.25) is 0 Å². The van der Waals surface area contributed by atoms with E-state index in [1.807, 2.05) is 0 Å². The third-order valence-electron chi connectivity index (χ3n) is 14.2. The summed E-state index contributed by atoms with van der Waals surface area (Å²) < 4.78 is 9.11. The molecule has 2 heterocycles. The first-order chi connectivity index (χ1) is 34.2. The summed E-state index contributed by atoms with van der Waals surface area (Å²) in [6.07, 6.45) is 0. The van der Waals surface area contributed by atoms with Crippen LogP contribution < -0.4 is 4.90 Å². The molecule has 0 saturated carbocycles. The number of hydrogen-bond donors (Lipinski definition) is 0. The van der Waals surface area contributed by atoms with Crippen molar-refractivity contribution in [3.63, 3.8) is 0 Å². The molecular formula is C66H42N2O. The molecule has 0 fully saturated rings. The minimum atomic E-state index is 0.860. The molecule has 0 spiro atoms. The summed E-state index contributed by atoms with van der Waals surface area (Å²) in [6.45, 7) is 0. The standard InChI is InChI=1S/C66H42N2O/c1-3-15-55-47(11-1)27-28-51-41-50(34-39-56(51)55)45-25-23-43(24-26-45)44-29-35-52(36-30-44)67(63-21-10-22-64-65(63)60-40-33-48-12-2-4-16-57(48)66(60)69-64)53-37-31-46(32-38-53)49-13-9-14-54(42-49)68-61-19-7-5-17-58(61)59-18-6-8-20-62(59)68/h1-42H. The molecule has 14 rings (SSSR count). The third kappa shape index (κ3) is 6.43. The molecule has 69 heavy (non-hydrogen) atoms. The maximum absolute atomic E-state index is 6.73. The fourth-order valence-electron chi connectivity index (χ4n) is 10.8. The molecule has 0 aliphatic rings. The Morgan fingerprint density at radius 1 is 0.304 bits per heavy atom. The largest absolute Gasteiger partial charge is 0.455 e. The fourth-order valence-corrected chi connectivity index (χ4v) is 10.8. The Kier molecular flexibility index (Phi) is 8.90. The van der Waals surface area contributed by atoms with Crippen molar-refractivity contribution < 1.29 is 4.42 Å². The molecule has 0 saturated heterocycles. The van der Waals surface area contributed by atoms with Crippen molar-refractivity contribution in [2.75, 3.05) is 4.90 Å². The number of anilines is 3. The zero-order valence-corrected chi connectivity index (χ0v) is 37.6. The van der Waals surface area contributed by atoms with Crippen LogP contribution in [0.25, 0.3) is 115 Å². The Morgan fingerprint density at radius 2 is 0.783 bits per heavy atom. The lowest BCUT2D eigenvalue weighted by molar-refractivity contribution is 0.672. The van der Waals surface area contributed by atoms with Gasteiger partial charge in [0.1, 0.15) is 11.2 Å². The van der Waals surface area contributed by atoms with Gasteiger partial charge in [0.15, 0.2) is 0 Å². The van der Waals surface area contributed by atoms with Crippen LogP contribution in [0, 0.1) is 0 Å². The highest BCUT2D eigenvalue weighted by atomic mass is 16.3. The Balaban J connectivity index is 0.843. The first-order valence-electron chi connectivity index (χ1n) is 23.6. The average molecular weight is 879 g/mol. The van der Waals surface area contributed by atoms with Crippen LogP contribution >= 0.6 is 0 Å². The van der Waals surface area contributed by atoms with E-state index in [1.54, 1.807) is 0 Å². The predicted octanol–water partition coefficient (Wildman–Crippen LogP) is 18.6. The fraction of sp³-hybridized carbons (Fsp3) is 0. The Labute approximate surface area is 399 Å². The predicted molar refractivity (Wildman–Crippen MR) is 292 cm³/mol. The maximum atomic E-state index is 6.73. The van der Waals surface area contributed by atoms with E-state index in [-0.39, 0.29) is 0 Å². The van der Waals surface area contributed by atoms with Gasteiger partial charge in [-0.2, -0.15) is 0 Å². The van der Waals surface area contributed by atoms with Gasteiger partial charge in [-0.3, -0.25) is 0 Å². The molecule has 0 radical (unpaired) electrons. The summed E-state index contributed by atoms with van der Waals surface area (Å²) in [7, 11) is 0. The van der Waals surface area contributed by atoms with Crippen molar-refractivity contribution in [2.45, 2.75) is 0 Å². The zero-order chi connectivity index (χ0) is 45.4. The van der Waals surface area contributed by atoms with Crippen LogP contribution in [-0.4, -0.2) is 4.57 Å². The highest BCUT2D eigenvalue weighted by Crippen LogP contribution is 2.45. The van der Waals surface area contributed by atoms with Crippen LogP contribution in [0.2, 0.25) is 0 Å². The second kappa shape index (κ2) is 15.7. The number of nitrogens with zero attached hydrogens (tertiary/aromatic N) is 2. The Morgan fingerprint density at radius 3 is 1.46 bits per heavy atom. The van der Waals surface area contributed by atoms with Crippen molar-refractivity contribution in [1.29, 1.82) is 0 Å². The lowest BCUT2D eigenvalue weighted by atomic mass is 9.96. The molecule has 0 bridgehead atoms. The first-order valence-corrected chi connectivity index (χ1v) is 23.6. The van der Waals surface area contributed by atoms with E-state index >= 15 is 0 Å². The second-order valence-electron chi connectivity index (χ2n) is 18.1. The molecule has 12 aromatic carbocycles. The first kappa shape index (κ1) is 39.0. The van der Waals surface area contributed by atoms with Gasteiger partial charge >= 0.3 is 0 Å². The maximum Gasteiger partial charge on any atom is 0.143 e. The molecular weight excluding hydrogens is 837 g/mol. The summed E-state index contributed by atoms with van der Waals surface area (Å²) >= 11 is 0. The van der Waals surface area contributed by atoms with Gasteiger partial charge in [0, 0.05) is 38.6 Å². The van der Waals surface area contributed by atoms with Crippen LogP contribution in [0.1, 0.15) is 0 Å². The molecule has 0 unspecified atom stereocenters. The summed E-state index contributed by atoms with van der Waals surface area (Å²) in [5.41, 5.74) is 15.5. The number of furan rings is 1. The lowest BCUT2D eigenvalue weighted by Crippen LogP contribution is -2.10. The minimum absolute atomic E-state index is 0.860. The molecule has 0 N–H and O–H groups in total. The summed E-state index contributed by atoms with van der Waals surface area (Å²) in [5, 5.41) is 12.1. The van der Waals surface area contributed by atoms with E-state index < -0.39 is 0 Å². The number of para-hydroxylation sites is 2. The van der Waals surface area contributed by atoms with Crippen LogP contribution in [0.4, 0.5) is 17.1 Å². The Bertz CT molecular complexity index is 4240. The molecule has 3 heteroatoms. The number of hydrogen-bond acceptors (Lipinski definition) is 2. The van der Waals surface area contributed by atoms with Gasteiger partial charge in [-0.05, 0) is 133 Å². The van der Waals surface area contributed by atoms with Crippen molar-refractivity contribution in [1.82, 2.24) is 4.57 Å². The molecule has 14 aromatic rings. The van der Waals surface area contributed by atoms with Gasteiger partial charge in [-0.1, -0.05) is 182 Å². The topological polar surface area (TPSA) is 21.3 Å². The average Bonchev–Trinajstić information content (AvgIpc) is 3.98. The number of aromatic nitrogens is 1. The molecule has 0 aliphatic heterocycles. The normalized spacial score (nSPS) is 11.8. The van der Waals surface area contributed by atoms with Crippen molar-refractivity contribution in [3.8, 4) is 39.1 Å². The molecule has 0 aliphatic carbocycles. The monoisotopic (exact) mass is 878 g/mol. The van der Waals surface area contributed by atoms with Crippen molar-refractivity contribution in [3.05, 3.63) is 255 Å². The van der Waals surface area contributed by atoms with Gasteiger partial charge in [0.05, 0.1) is 22.1 Å². The third-order valence-corrected chi connectivity index (χ3v) is 14.2. The molecule has 2 aromatic heterocycles. The number of benzene rings is 12. The smallest absolute Gasteiger partial charge is 0.143 e. The van der Waals surface area contributed by atoms with E-state index in [2.05, 4.69) is 264 Å². The Hall–Kier alpha value is -9.18. The van der Waals surface area contributed by atoms with Gasteiger partial charge in [-0.25, -0.2) is 0 Å². The highest BCUT2D eigenvalue weighted by Gasteiger charge is 2.21. The molecule has 322 valence electrons. The van der Waals surface area contributed by atoms with Crippen LogP contribution in [0.15, 0.2) is 259 Å². The molecule has 0 atom stereocenters. The lowest BCUT2D eigenvalue weighted by Gasteiger charge is -2.26. The quantitative estimate of drug-likeness (QED) is 0.149. The molecule has 0 amide bonds. The van der Waals surface area contributed by atoms with E-state index in [0.717, 1.165) is 72.2 Å². The minimum Gasteiger partial charge on any atom is -0.455 e. The van der Waals surface area contributed by atoms with E-state index in [9.17, 15) is 0 Å². The van der Waals surface area contributed by atoms with Gasteiger partial charge in [0.25, 0.3) is 0 Å². The van der Waals surface area contributed by atoms with Gasteiger partial charge < -0.3 is 13.9 Å². The summed E-state index contributed by atoms with van der Waals surface area (Å²) in [5.74, 6) is 0. The van der Waals surface area contributed by atoms with Crippen LogP contribution in [-0.2, 0) is 0 Å². The summed E-state index contributed by atoms with van der Waals surface area (Å²) in [4.78, 5) is 2.38. The SMILES string of the molecule is c1cc(-c2ccc(N(c3ccc(-c4ccc(-c5ccc6c(ccc7ccccc76)c5)cc4)cc3)c3cccc4oc5c6ccccc6ccc5c34)cc2)cc(-n2c3ccccc3c3ccccc32)c1. The van der Waals surface area contributed by atoms with E-state index in [1.165, 1.54) is 60.0 Å². The van der Waals surface area contributed by atoms with Crippen LogP contribution in [0.3, 0.4) is 0 Å². The van der Waals surface area contributed by atoms with Crippen molar-refractivity contribution >= 4 is 93.1 Å². The van der Waals surface area contributed by atoms with Crippen molar-refractivity contribution in [2.24, 2.45) is 0 Å². The zero-order valence-electron chi connectivity index (χ0n) is 37.6. The summed E-state index contributed by atoms with van der Waals surface area (Å²) in [6, 6.07) is 92.4. The molecule has 3 nitrogen and oxygen atoms in total. The number of fused-ring (bicyclic) bond motifs is 11. The number of rotatable bonds is 7. The van der Waals surface area contributed by atoms with E-state index in [0.29, 0.717) is 0 Å². The van der Waals surface area contributed by atoms with Crippen LogP contribution in [0.5, 0.6) is 0 Å². The highest BCUT2D eigenvalue weighted by molar-refractivity contribution is 6.19.